The van der Waals surface area contributed by atoms with Crippen LogP contribution in [0.3, 0.4) is 0 Å². The molecule has 3 aromatic rings. The Morgan fingerprint density at radius 1 is 1.04 bits per heavy atom. The highest BCUT2D eigenvalue weighted by atomic mass is 16.2. The van der Waals surface area contributed by atoms with E-state index in [1.807, 2.05) is 43.3 Å². The van der Waals surface area contributed by atoms with E-state index in [2.05, 4.69) is 5.32 Å². The fourth-order valence-electron chi connectivity index (χ4n) is 2.73. The molecule has 1 heterocycles. The van der Waals surface area contributed by atoms with Crippen LogP contribution in [-0.2, 0) is 20.6 Å². The molecular formula is C18H19N3O2. The number of benzene rings is 2. The number of amides is 1. The second kappa shape index (κ2) is 5.76. The third kappa shape index (κ3) is 2.77. The maximum absolute atomic E-state index is 12.2. The number of hydrogen-bond acceptors (Lipinski definition) is 2. The van der Waals surface area contributed by atoms with Crippen LogP contribution in [0.2, 0.25) is 0 Å². The van der Waals surface area contributed by atoms with E-state index < -0.39 is 0 Å². The lowest BCUT2D eigenvalue weighted by Gasteiger charge is -2.07. The molecule has 0 unspecified atom stereocenters. The Morgan fingerprint density at radius 3 is 2.52 bits per heavy atom. The van der Waals surface area contributed by atoms with Crippen molar-refractivity contribution in [1.82, 2.24) is 14.5 Å². The van der Waals surface area contributed by atoms with Crippen molar-refractivity contribution in [3.05, 3.63) is 69.6 Å². The summed E-state index contributed by atoms with van der Waals surface area (Å²) in [5.41, 5.74) is 4.35. The van der Waals surface area contributed by atoms with Gasteiger partial charge in [0.05, 0.1) is 11.0 Å². The predicted octanol–water partition coefficient (Wildman–Crippen LogP) is 2.12. The van der Waals surface area contributed by atoms with E-state index in [1.54, 1.807) is 29.3 Å². The predicted molar refractivity (Wildman–Crippen MR) is 90.5 cm³/mol. The van der Waals surface area contributed by atoms with Crippen molar-refractivity contribution in [2.24, 2.45) is 14.1 Å². The molecule has 0 fully saturated rings. The van der Waals surface area contributed by atoms with E-state index in [4.69, 9.17) is 0 Å². The van der Waals surface area contributed by atoms with Crippen LogP contribution in [0.5, 0.6) is 0 Å². The summed E-state index contributed by atoms with van der Waals surface area (Å²) in [7, 11) is 3.50. The summed E-state index contributed by atoms with van der Waals surface area (Å²) in [5.74, 6) is -0.101. The molecule has 0 spiro atoms. The van der Waals surface area contributed by atoms with Gasteiger partial charge in [0, 0.05) is 26.2 Å². The number of rotatable bonds is 3. The van der Waals surface area contributed by atoms with Gasteiger partial charge < -0.3 is 5.32 Å². The van der Waals surface area contributed by atoms with Crippen molar-refractivity contribution >= 4 is 16.9 Å². The lowest BCUT2D eigenvalue weighted by Crippen LogP contribution is -2.22. The molecule has 0 atom stereocenters. The molecule has 1 amide bonds. The van der Waals surface area contributed by atoms with Gasteiger partial charge in [0.1, 0.15) is 0 Å². The minimum atomic E-state index is -0.101. The van der Waals surface area contributed by atoms with E-state index in [0.29, 0.717) is 12.1 Å². The Kier molecular flexibility index (Phi) is 3.78. The van der Waals surface area contributed by atoms with Crippen LogP contribution in [-0.4, -0.2) is 15.0 Å². The Labute approximate surface area is 134 Å². The van der Waals surface area contributed by atoms with E-state index in [1.165, 1.54) is 0 Å². The SMILES string of the molecule is Cc1cccc(C(=O)NCc2ccc3c(c2)n(C)c(=O)n3C)c1. The Bertz CT molecular complexity index is 951. The molecule has 5 nitrogen and oxygen atoms in total. The quantitative estimate of drug-likeness (QED) is 0.805. The van der Waals surface area contributed by atoms with Crippen LogP contribution in [0.25, 0.3) is 11.0 Å². The molecule has 0 bridgehead atoms. The highest BCUT2D eigenvalue weighted by Crippen LogP contribution is 2.14. The number of aromatic nitrogens is 2. The second-order valence-electron chi connectivity index (χ2n) is 5.78. The van der Waals surface area contributed by atoms with Gasteiger partial charge in [-0.25, -0.2) is 4.79 Å². The van der Waals surface area contributed by atoms with E-state index in [9.17, 15) is 9.59 Å². The number of fused-ring (bicyclic) bond motifs is 1. The van der Waals surface area contributed by atoms with Crippen LogP contribution >= 0.6 is 0 Å². The summed E-state index contributed by atoms with van der Waals surface area (Å²) in [6.07, 6.45) is 0. The Balaban J connectivity index is 1.81. The normalized spacial score (nSPS) is 10.9. The van der Waals surface area contributed by atoms with Gasteiger partial charge in [-0.2, -0.15) is 0 Å². The molecule has 118 valence electrons. The van der Waals surface area contributed by atoms with Crippen molar-refractivity contribution in [3.63, 3.8) is 0 Å². The summed E-state index contributed by atoms with van der Waals surface area (Å²) in [4.78, 5) is 24.1. The van der Waals surface area contributed by atoms with E-state index in [-0.39, 0.29) is 11.6 Å². The molecule has 0 saturated carbocycles. The van der Waals surface area contributed by atoms with Crippen LogP contribution in [0, 0.1) is 6.92 Å². The van der Waals surface area contributed by atoms with Crippen molar-refractivity contribution < 1.29 is 4.79 Å². The number of nitrogens with zero attached hydrogens (tertiary/aromatic N) is 2. The highest BCUT2D eigenvalue weighted by molar-refractivity contribution is 5.94. The molecule has 5 heteroatoms. The summed E-state index contributed by atoms with van der Waals surface area (Å²) >= 11 is 0. The van der Waals surface area contributed by atoms with Gasteiger partial charge in [0.2, 0.25) is 0 Å². The van der Waals surface area contributed by atoms with Crippen LogP contribution in [0.4, 0.5) is 0 Å². The van der Waals surface area contributed by atoms with Gasteiger partial charge in [-0.1, -0.05) is 23.8 Å². The van der Waals surface area contributed by atoms with Crippen molar-refractivity contribution in [2.75, 3.05) is 0 Å². The van der Waals surface area contributed by atoms with Gasteiger partial charge in [-0.15, -0.1) is 0 Å². The number of aryl methyl sites for hydroxylation is 3. The van der Waals surface area contributed by atoms with Crippen LogP contribution in [0.15, 0.2) is 47.3 Å². The van der Waals surface area contributed by atoms with Crippen molar-refractivity contribution in [2.45, 2.75) is 13.5 Å². The average Bonchev–Trinajstić information content (AvgIpc) is 2.77. The van der Waals surface area contributed by atoms with Crippen molar-refractivity contribution in [1.29, 1.82) is 0 Å². The van der Waals surface area contributed by atoms with Crippen LogP contribution in [0.1, 0.15) is 21.5 Å². The Hall–Kier alpha value is -2.82. The highest BCUT2D eigenvalue weighted by Gasteiger charge is 2.09. The van der Waals surface area contributed by atoms with E-state index in [0.717, 1.165) is 22.2 Å². The van der Waals surface area contributed by atoms with Gasteiger partial charge in [-0.05, 0) is 36.8 Å². The number of carbonyl (C=O) groups is 1. The molecule has 0 saturated heterocycles. The smallest absolute Gasteiger partial charge is 0.328 e. The van der Waals surface area contributed by atoms with Gasteiger partial charge in [-0.3, -0.25) is 13.9 Å². The fraction of sp³-hybridized carbons (Fsp3) is 0.222. The summed E-state index contributed by atoms with van der Waals surface area (Å²) in [6.45, 7) is 2.38. The molecule has 0 aliphatic rings. The van der Waals surface area contributed by atoms with Crippen molar-refractivity contribution in [3.8, 4) is 0 Å². The van der Waals surface area contributed by atoms with Gasteiger partial charge in [0.15, 0.2) is 0 Å². The molecule has 3 rings (SSSR count). The number of carbonyl (C=O) groups excluding carboxylic acids is 1. The number of nitrogens with one attached hydrogen (secondary N) is 1. The molecule has 0 radical (unpaired) electrons. The minimum Gasteiger partial charge on any atom is -0.348 e. The monoisotopic (exact) mass is 309 g/mol. The summed E-state index contributed by atoms with van der Waals surface area (Å²) < 4.78 is 3.23. The summed E-state index contributed by atoms with van der Waals surface area (Å²) in [6, 6.07) is 13.3. The zero-order valence-electron chi connectivity index (χ0n) is 13.5. The third-order valence-corrected chi connectivity index (χ3v) is 4.07. The van der Waals surface area contributed by atoms with Gasteiger partial charge in [0.25, 0.3) is 5.91 Å². The van der Waals surface area contributed by atoms with Gasteiger partial charge >= 0.3 is 5.69 Å². The zero-order chi connectivity index (χ0) is 16.6. The minimum absolute atomic E-state index is 0.0547. The first kappa shape index (κ1) is 15.1. The maximum atomic E-state index is 12.2. The first-order chi connectivity index (χ1) is 11.0. The average molecular weight is 309 g/mol. The topological polar surface area (TPSA) is 56.0 Å². The fourth-order valence-corrected chi connectivity index (χ4v) is 2.73. The lowest BCUT2D eigenvalue weighted by molar-refractivity contribution is 0.0951. The number of imidazole rings is 1. The maximum Gasteiger partial charge on any atom is 0.328 e. The molecule has 0 aliphatic heterocycles. The van der Waals surface area contributed by atoms with Crippen LogP contribution < -0.4 is 11.0 Å². The molecule has 1 N–H and O–H groups in total. The first-order valence-electron chi connectivity index (χ1n) is 7.46. The molecule has 23 heavy (non-hydrogen) atoms. The molecule has 0 aliphatic carbocycles. The van der Waals surface area contributed by atoms with E-state index >= 15 is 0 Å². The molecule has 1 aromatic heterocycles. The standard InChI is InChI=1S/C18H19N3O2/c1-12-5-4-6-14(9-12)17(22)19-11-13-7-8-15-16(10-13)21(3)18(23)20(15)2/h4-10H,11H2,1-3H3,(H,19,22). The lowest BCUT2D eigenvalue weighted by atomic mass is 10.1. The Morgan fingerprint density at radius 2 is 1.78 bits per heavy atom. The second-order valence-corrected chi connectivity index (χ2v) is 5.78. The third-order valence-electron chi connectivity index (χ3n) is 4.07. The molecular weight excluding hydrogens is 290 g/mol. The zero-order valence-corrected chi connectivity index (χ0v) is 13.5. The largest absolute Gasteiger partial charge is 0.348 e. The number of hydrogen-bond donors (Lipinski definition) is 1. The summed E-state index contributed by atoms with van der Waals surface area (Å²) in [5, 5.41) is 2.91. The first-order valence-corrected chi connectivity index (χ1v) is 7.46. The molecule has 2 aromatic carbocycles.